The van der Waals surface area contributed by atoms with Crippen molar-refractivity contribution in [1.82, 2.24) is 0 Å². The van der Waals surface area contributed by atoms with Crippen molar-refractivity contribution < 1.29 is 9.84 Å². The third-order valence-corrected chi connectivity index (χ3v) is 2.95. The van der Waals surface area contributed by atoms with Crippen molar-refractivity contribution in [3.05, 3.63) is 27.8 Å². The van der Waals surface area contributed by atoms with Gasteiger partial charge in [0.1, 0.15) is 5.75 Å². The predicted octanol–water partition coefficient (Wildman–Crippen LogP) is 1.96. The van der Waals surface area contributed by atoms with Gasteiger partial charge in [0.05, 0.1) is 18.2 Å². The molecule has 0 aromatic heterocycles. The molecule has 0 radical (unpaired) electrons. The van der Waals surface area contributed by atoms with E-state index >= 15 is 0 Å². The van der Waals surface area contributed by atoms with Crippen LogP contribution in [0.5, 0.6) is 5.75 Å². The van der Waals surface area contributed by atoms with Gasteiger partial charge in [-0.05, 0) is 30.5 Å². The number of nitrogens with two attached hydrogens (primary N) is 1. The Morgan fingerprint density at radius 2 is 2.13 bits per heavy atom. The molecule has 84 valence electrons. The standard InChI is InChI=1S/C11H16ClNO2/c1-6-4-8(9(14)5-13)7(2)11(15-3)10(6)12/h4,9,14H,5,13H2,1-3H3. The minimum Gasteiger partial charge on any atom is -0.495 e. The molecular formula is C11H16ClNO2. The number of halogens is 1. The average molecular weight is 230 g/mol. The number of aliphatic hydroxyl groups is 1. The molecular weight excluding hydrogens is 214 g/mol. The molecule has 0 saturated carbocycles. The molecule has 3 N–H and O–H groups in total. The van der Waals surface area contributed by atoms with Gasteiger partial charge in [0.15, 0.2) is 0 Å². The number of methoxy groups -OCH3 is 1. The van der Waals surface area contributed by atoms with Gasteiger partial charge in [0.2, 0.25) is 0 Å². The highest BCUT2D eigenvalue weighted by molar-refractivity contribution is 6.33. The van der Waals surface area contributed by atoms with Crippen molar-refractivity contribution in [2.45, 2.75) is 20.0 Å². The van der Waals surface area contributed by atoms with Crippen LogP contribution in [0, 0.1) is 13.8 Å². The Bertz CT molecular complexity index is 366. The van der Waals surface area contributed by atoms with Crippen molar-refractivity contribution >= 4 is 11.6 Å². The summed E-state index contributed by atoms with van der Waals surface area (Å²) in [4.78, 5) is 0. The SMILES string of the molecule is COc1c(C)c(C(O)CN)cc(C)c1Cl. The molecule has 3 nitrogen and oxygen atoms in total. The fourth-order valence-electron chi connectivity index (χ4n) is 1.60. The zero-order chi connectivity index (χ0) is 11.6. The molecule has 0 amide bonds. The van der Waals surface area contributed by atoms with Crippen molar-refractivity contribution in [2.24, 2.45) is 5.73 Å². The van der Waals surface area contributed by atoms with E-state index in [1.54, 1.807) is 7.11 Å². The monoisotopic (exact) mass is 229 g/mol. The maximum absolute atomic E-state index is 9.72. The topological polar surface area (TPSA) is 55.5 Å². The summed E-state index contributed by atoms with van der Waals surface area (Å²) in [6, 6.07) is 1.84. The average Bonchev–Trinajstić information content (AvgIpc) is 2.23. The quantitative estimate of drug-likeness (QED) is 0.833. The summed E-state index contributed by atoms with van der Waals surface area (Å²) in [7, 11) is 1.56. The molecule has 4 heteroatoms. The summed E-state index contributed by atoms with van der Waals surface area (Å²) in [5.74, 6) is 0.610. The molecule has 1 aromatic rings. The van der Waals surface area contributed by atoms with Gasteiger partial charge in [-0.25, -0.2) is 0 Å². The van der Waals surface area contributed by atoms with Crippen LogP contribution in [0.4, 0.5) is 0 Å². The maximum atomic E-state index is 9.72. The zero-order valence-electron chi connectivity index (χ0n) is 9.17. The predicted molar refractivity (Wildman–Crippen MR) is 61.5 cm³/mol. The van der Waals surface area contributed by atoms with Crippen LogP contribution in [0.2, 0.25) is 5.02 Å². The zero-order valence-corrected chi connectivity index (χ0v) is 9.93. The molecule has 0 aliphatic rings. The van der Waals surface area contributed by atoms with Gasteiger partial charge in [0.25, 0.3) is 0 Å². The smallest absolute Gasteiger partial charge is 0.140 e. The first-order chi connectivity index (χ1) is 7.02. The Balaban J connectivity index is 3.36. The lowest BCUT2D eigenvalue weighted by atomic mass is 9.99. The summed E-state index contributed by atoms with van der Waals surface area (Å²) in [6.45, 7) is 3.92. The molecule has 0 aliphatic carbocycles. The summed E-state index contributed by atoms with van der Waals surface area (Å²) in [5, 5.41) is 10.3. The lowest BCUT2D eigenvalue weighted by Gasteiger charge is -2.17. The number of benzene rings is 1. The van der Waals surface area contributed by atoms with Gasteiger partial charge in [-0.3, -0.25) is 0 Å². The van der Waals surface area contributed by atoms with E-state index in [1.807, 2.05) is 19.9 Å². The Morgan fingerprint density at radius 1 is 1.53 bits per heavy atom. The number of aliphatic hydroxyl groups excluding tert-OH is 1. The normalized spacial score (nSPS) is 12.7. The van der Waals surface area contributed by atoms with Crippen LogP contribution in [0.25, 0.3) is 0 Å². The second-order valence-corrected chi connectivity index (χ2v) is 3.88. The number of hydrogen-bond donors (Lipinski definition) is 2. The van der Waals surface area contributed by atoms with Gasteiger partial charge in [-0.2, -0.15) is 0 Å². The van der Waals surface area contributed by atoms with E-state index in [4.69, 9.17) is 22.1 Å². The molecule has 0 saturated heterocycles. The summed E-state index contributed by atoms with van der Waals surface area (Å²) in [6.07, 6.45) is -0.671. The molecule has 15 heavy (non-hydrogen) atoms. The van der Waals surface area contributed by atoms with Crippen LogP contribution in [0.3, 0.4) is 0 Å². The van der Waals surface area contributed by atoms with Crippen LogP contribution >= 0.6 is 11.6 Å². The number of hydrogen-bond acceptors (Lipinski definition) is 3. The molecule has 0 aliphatic heterocycles. The molecule has 0 spiro atoms. The van der Waals surface area contributed by atoms with E-state index in [-0.39, 0.29) is 6.54 Å². The van der Waals surface area contributed by atoms with E-state index in [0.717, 1.165) is 16.7 Å². The molecule has 0 heterocycles. The molecule has 0 fully saturated rings. The number of ether oxygens (including phenoxy) is 1. The second kappa shape index (κ2) is 4.84. The van der Waals surface area contributed by atoms with Crippen molar-refractivity contribution in [3.8, 4) is 5.75 Å². The van der Waals surface area contributed by atoms with Crippen molar-refractivity contribution in [3.63, 3.8) is 0 Å². The first-order valence-corrected chi connectivity index (χ1v) is 5.12. The van der Waals surface area contributed by atoms with Crippen LogP contribution in [0.15, 0.2) is 6.07 Å². The largest absolute Gasteiger partial charge is 0.495 e. The van der Waals surface area contributed by atoms with E-state index in [1.165, 1.54) is 0 Å². The van der Waals surface area contributed by atoms with E-state index in [0.29, 0.717) is 10.8 Å². The maximum Gasteiger partial charge on any atom is 0.140 e. The first-order valence-electron chi connectivity index (χ1n) is 4.74. The number of aryl methyl sites for hydroxylation is 1. The minimum atomic E-state index is -0.671. The Labute approximate surface area is 94.8 Å². The summed E-state index contributed by atoms with van der Waals surface area (Å²) in [5.41, 5.74) is 7.92. The van der Waals surface area contributed by atoms with Gasteiger partial charge in [-0.1, -0.05) is 17.7 Å². The van der Waals surface area contributed by atoms with Gasteiger partial charge in [0, 0.05) is 6.54 Å². The van der Waals surface area contributed by atoms with E-state index in [9.17, 15) is 5.11 Å². The fourth-order valence-corrected chi connectivity index (χ4v) is 1.87. The molecule has 1 unspecified atom stereocenters. The van der Waals surface area contributed by atoms with Gasteiger partial charge >= 0.3 is 0 Å². The van der Waals surface area contributed by atoms with E-state index < -0.39 is 6.10 Å². The Hall–Kier alpha value is -0.770. The first kappa shape index (κ1) is 12.3. The second-order valence-electron chi connectivity index (χ2n) is 3.51. The molecule has 1 aromatic carbocycles. The highest BCUT2D eigenvalue weighted by atomic mass is 35.5. The molecule has 1 rings (SSSR count). The Kier molecular flexibility index (Phi) is 3.97. The summed E-state index contributed by atoms with van der Waals surface area (Å²) < 4.78 is 5.21. The lowest BCUT2D eigenvalue weighted by Crippen LogP contribution is -2.13. The third kappa shape index (κ3) is 2.25. The van der Waals surface area contributed by atoms with Crippen molar-refractivity contribution in [2.75, 3.05) is 13.7 Å². The minimum absolute atomic E-state index is 0.186. The van der Waals surface area contributed by atoms with Crippen LogP contribution < -0.4 is 10.5 Å². The molecule has 0 bridgehead atoms. The van der Waals surface area contributed by atoms with Gasteiger partial charge < -0.3 is 15.6 Å². The Morgan fingerprint density at radius 3 is 2.60 bits per heavy atom. The van der Waals surface area contributed by atoms with Crippen LogP contribution in [-0.2, 0) is 0 Å². The third-order valence-electron chi connectivity index (χ3n) is 2.48. The highest BCUT2D eigenvalue weighted by Gasteiger charge is 2.16. The van der Waals surface area contributed by atoms with Gasteiger partial charge in [-0.15, -0.1) is 0 Å². The highest BCUT2D eigenvalue weighted by Crippen LogP contribution is 2.35. The lowest BCUT2D eigenvalue weighted by molar-refractivity contribution is 0.185. The summed E-state index contributed by atoms with van der Waals surface area (Å²) >= 11 is 6.08. The van der Waals surface area contributed by atoms with Crippen LogP contribution in [-0.4, -0.2) is 18.8 Å². The van der Waals surface area contributed by atoms with E-state index in [2.05, 4.69) is 0 Å². The van der Waals surface area contributed by atoms with Crippen LogP contribution in [0.1, 0.15) is 22.8 Å². The van der Waals surface area contributed by atoms with Crippen molar-refractivity contribution in [1.29, 1.82) is 0 Å². The number of rotatable bonds is 3. The molecule has 1 atom stereocenters. The fraction of sp³-hybridized carbons (Fsp3) is 0.455.